The Kier molecular flexibility index (Phi) is 5.23. The summed E-state index contributed by atoms with van der Waals surface area (Å²) in [6.07, 6.45) is 5.08. The van der Waals surface area contributed by atoms with Crippen LogP contribution in [-0.2, 0) is 17.8 Å². The van der Waals surface area contributed by atoms with E-state index in [2.05, 4.69) is 41.8 Å². The van der Waals surface area contributed by atoms with E-state index in [-0.39, 0.29) is 30.0 Å². The SMILES string of the molecule is Cc1cccc(N2CCN(C(=O)Cn3nc(C(=O)N4CCC(O)CC4)c4c3C[C@H]3C[C@@H]43)C3(CC3)C2)c1C. The van der Waals surface area contributed by atoms with Gasteiger partial charge in [-0.25, -0.2) is 0 Å². The first kappa shape index (κ1) is 23.3. The minimum absolute atomic E-state index is 0.0253. The highest BCUT2D eigenvalue weighted by Gasteiger charge is 2.54. The van der Waals surface area contributed by atoms with Gasteiger partial charge in [0.15, 0.2) is 5.69 Å². The minimum atomic E-state index is -0.317. The van der Waals surface area contributed by atoms with E-state index in [0.717, 1.165) is 56.6 Å². The number of aliphatic hydroxyl groups is 1. The van der Waals surface area contributed by atoms with Crippen molar-refractivity contribution >= 4 is 17.5 Å². The fraction of sp³-hybridized carbons (Fsp3) is 0.621. The largest absolute Gasteiger partial charge is 0.393 e. The summed E-state index contributed by atoms with van der Waals surface area (Å²) in [4.78, 5) is 33.6. The number of carbonyl (C=O) groups is 2. The first-order valence-corrected chi connectivity index (χ1v) is 14.0. The first-order valence-electron chi connectivity index (χ1n) is 14.0. The zero-order valence-corrected chi connectivity index (χ0v) is 21.9. The number of anilines is 1. The van der Waals surface area contributed by atoms with E-state index in [1.54, 1.807) is 0 Å². The Morgan fingerprint density at radius 2 is 1.89 bits per heavy atom. The highest BCUT2D eigenvalue weighted by atomic mass is 16.3. The quantitative estimate of drug-likeness (QED) is 0.694. The molecule has 2 saturated carbocycles. The Bertz CT molecular complexity index is 1270. The average molecular weight is 504 g/mol. The smallest absolute Gasteiger partial charge is 0.274 e. The van der Waals surface area contributed by atoms with Crippen LogP contribution < -0.4 is 4.90 Å². The van der Waals surface area contributed by atoms with Crippen LogP contribution in [0.5, 0.6) is 0 Å². The van der Waals surface area contributed by atoms with E-state index in [0.29, 0.717) is 43.5 Å². The Hall–Kier alpha value is -2.87. The number of aryl methyl sites for hydroxylation is 1. The van der Waals surface area contributed by atoms with Gasteiger partial charge in [-0.05, 0) is 81.4 Å². The van der Waals surface area contributed by atoms with Crippen LogP contribution in [0.2, 0.25) is 0 Å². The van der Waals surface area contributed by atoms with Crippen LogP contribution in [0.15, 0.2) is 18.2 Å². The van der Waals surface area contributed by atoms with Crippen molar-refractivity contribution in [3.05, 3.63) is 46.3 Å². The van der Waals surface area contributed by atoms with Gasteiger partial charge in [-0.2, -0.15) is 5.10 Å². The molecule has 3 aliphatic carbocycles. The van der Waals surface area contributed by atoms with Crippen molar-refractivity contribution < 1.29 is 14.7 Å². The van der Waals surface area contributed by atoms with E-state index in [4.69, 9.17) is 5.10 Å². The molecule has 0 radical (unpaired) electrons. The molecule has 1 aromatic carbocycles. The van der Waals surface area contributed by atoms with Gasteiger partial charge in [0.1, 0.15) is 6.54 Å². The van der Waals surface area contributed by atoms with E-state index in [9.17, 15) is 14.7 Å². The lowest BCUT2D eigenvalue weighted by Gasteiger charge is -2.44. The summed E-state index contributed by atoms with van der Waals surface area (Å²) < 4.78 is 1.86. The molecule has 3 heterocycles. The molecule has 2 amide bonds. The molecule has 8 heteroatoms. The summed E-state index contributed by atoms with van der Waals surface area (Å²) in [5.74, 6) is 1.15. The molecule has 196 valence electrons. The fourth-order valence-corrected chi connectivity index (χ4v) is 7.13. The van der Waals surface area contributed by atoms with Gasteiger partial charge in [0.05, 0.1) is 11.6 Å². The van der Waals surface area contributed by atoms with Crippen molar-refractivity contribution in [2.75, 3.05) is 37.6 Å². The molecule has 37 heavy (non-hydrogen) atoms. The number of benzene rings is 1. The summed E-state index contributed by atoms with van der Waals surface area (Å²) in [6.45, 7) is 8.16. The maximum absolute atomic E-state index is 13.7. The van der Waals surface area contributed by atoms with Crippen molar-refractivity contribution in [2.24, 2.45) is 5.92 Å². The average Bonchev–Trinajstić information content (AvgIpc) is 3.77. The third-order valence-corrected chi connectivity index (χ3v) is 9.78. The molecule has 1 N–H and O–H groups in total. The highest BCUT2D eigenvalue weighted by molar-refractivity contribution is 5.95. The molecule has 7 rings (SSSR count). The molecule has 0 unspecified atom stereocenters. The predicted octanol–water partition coefficient (Wildman–Crippen LogP) is 2.64. The first-order chi connectivity index (χ1) is 17.8. The number of nitrogens with zero attached hydrogens (tertiary/aromatic N) is 5. The topological polar surface area (TPSA) is 81.9 Å². The maximum atomic E-state index is 13.7. The third-order valence-electron chi connectivity index (χ3n) is 9.78. The molecule has 2 saturated heterocycles. The summed E-state index contributed by atoms with van der Waals surface area (Å²) >= 11 is 0. The third kappa shape index (κ3) is 3.78. The molecule has 4 fully saturated rings. The molecule has 5 aliphatic rings. The van der Waals surface area contributed by atoms with E-state index >= 15 is 0 Å². The monoisotopic (exact) mass is 503 g/mol. The van der Waals surface area contributed by atoms with Crippen molar-refractivity contribution in [1.82, 2.24) is 19.6 Å². The predicted molar refractivity (Wildman–Crippen MR) is 140 cm³/mol. The lowest BCUT2D eigenvalue weighted by Crippen LogP contribution is -2.58. The normalized spacial score (nSPS) is 25.9. The number of hydrogen-bond donors (Lipinski definition) is 1. The second-order valence-electron chi connectivity index (χ2n) is 12.1. The Morgan fingerprint density at radius 3 is 2.65 bits per heavy atom. The number of rotatable bonds is 4. The van der Waals surface area contributed by atoms with Gasteiger partial charge >= 0.3 is 0 Å². The van der Waals surface area contributed by atoms with Crippen LogP contribution >= 0.6 is 0 Å². The number of aromatic nitrogens is 2. The summed E-state index contributed by atoms with van der Waals surface area (Å²) in [7, 11) is 0. The van der Waals surface area contributed by atoms with Crippen LogP contribution in [0.4, 0.5) is 5.69 Å². The second kappa shape index (κ2) is 8.32. The van der Waals surface area contributed by atoms with Gasteiger partial charge in [-0.3, -0.25) is 14.3 Å². The number of amides is 2. The molecular formula is C29H37N5O3. The van der Waals surface area contributed by atoms with E-state index < -0.39 is 0 Å². The molecule has 2 atom stereocenters. The summed E-state index contributed by atoms with van der Waals surface area (Å²) in [6, 6.07) is 6.49. The number of fused-ring (bicyclic) bond motifs is 3. The Balaban J connectivity index is 1.10. The van der Waals surface area contributed by atoms with Crippen molar-refractivity contribution in [3.8, 4) is 0 Å². The summed E-state index contributed by atoms with van der Waals surface area (Å²) in [5.41, 5.74) is 6.61. The summed E-state index contributed by atoms with van der Waals surface area (Å²) in [5, 5.41) is 14.7. The number of piperazine rings is 1. The van der Waals surface area contributed by atoms with Gasteiger partial charge in [-0.1, -0.05) is 12.1 Å². The number of piperidine rings is 1. The zero-order valence-electron chi connectivity index (χ0n) is 21.9. The number of likely N-dealkylation sites (tertiary alicyclic amines) is 1. The van der Waals surface area contributed by atoms with Crippen LogP contribution in [0.25, 0.3) is 0 Å². The van der Waals surface area contributed by atoms with Gasteiger partial charge in [0.2, 0.25) is 5.91 Å². The zero-order chi connectivity index (χ0) is 25.5. The lowest BCUT2D eigenvalue weighted by atomic mass is 10.0. The molecular weight excluding hydrogens is 466 g/mol. The standard InChI is InChI=1S/C29H37N5O3/c1-18-4-3-5-23(19(18)2)32-12-13-33(29(17-32)8-9-29)25(36)16-34-24-15-20-14-22(20)26(24)27(30-34)28(37)31-10-6-21(35)7-11-31/h3-5,20-22,35H,6-17H2,1-2H3/t20-,22-/m1/s1. The Morgan fingerprint density at radius 1 is 1.11 bits per heavy atom. The van der Waals surface area contributed by atoms with Gasteiger partial charge in [0, 0.05) is 49.7 Å². The van der Waals surface area contributed by atoms with Crippen molar-refractivity contribution in [3.63, 3.8) is 0 Å². The van der Waals surface area contributed by atoms with Crippen molar-refractivity contribution in [1.29, 1.82) is 0 Å². The number of carbonyl (C=O) groups excluding carboxylic acids is 2. The Labute approximate surface area is 218 Å². The van der Waals surface area contributed by atoms with Gasteiger partial charge < -0.3 is 19.8 Å². The minimum Gasteiger partial charge on any atom is -0.393 e. The van der Waals surface area contributed by atoms with Crippen molar-refractivity contribution in [2.45, 2.75) is 76.5 Å². The van der Waals surface area contributed by atoms with E-state index in [1.165, 1.54) is 16.8 Å². The molecule has 8 nitrogen and oxygen atoms in total. The molecule has 0 bridgehead atoms. The van der Waals surface area contributed by atoms with Crippen LogP contribution in [0.3, 0.4) is 0 Å². The van der Waals surface area contributed by atoms with Gasteiger partial charge in [0.25, 0.3) is 5.91 Å². The molecule has 1 aromatic heterocycles. The second-order valence-corrected chi connectivity index (χ2v) is 12.1. The lowest BCUT2D eigenvalue weighted by molar-refractivity contribution is -0.135. The number of aliphatic hydroxyl groups excluding tert-OH is 1. The van der Waals surface area contributed by atoms with Gasteiger partial charge in [-0.15, -0.1) is 0 Å². The molecule has 2 aromatic rings. The molecule has 2 aliphatic heterocycles. The maximum Gasteiger partial charge on any atom is 0.274 e. The van der Waals surface area contributed by atoms with Crippen LogP contribution in [0, 0.1) is 19.8 Å². The highest BCUT2D eigenvalue weighted by Crippen LogP contribution is 2.57. The number of hydrogen-bond acceptors (Lipinski definition) is 5. The molecule has 1 spiro atoms. The van der Waals surface area contributed by atoms with Crippen LogP contribution in [-0.4, -0.2) is 80.9 Å². The van der Waals surface area contributed by atoms with Crippen LogP contribution in [0.1, 0.15) is 70.9 Å². The fourth-order valence-electron chi connectivity index (χ4n) is 7.13. The van der Waals surface area contributed by atoms with E-state index in [1.807, 2.05) is 9.58 Å².